The lowest BCUT2D eigenvalue weighted by molar-refractivity contribution is -0.207. The van der Waals surface area contributed by atoms with Crippen molar-refractivity contribution in [2.75, 3.05) is 0 Å². The molecule has 4 rings (SSSR count). The predicted octanol–water partition coefficient (Wildman–Crippen LogP) is 4.49. The summed E-state index contributed by atoms with van der Waals surface area (Å²) in [4.78, 5) is 24.1. The molecule has 6 heteroatoms. The highest BCUT2D eigenvalue weighted by molar-refractivity contribution is 6.45. The summed E-state index contributed by atoms with van der Waals surface area (Å²) in [6.45, 7) is 7.62. The van der Waals surface area contributed by atoms with Crippen molar-refractivity contribution in [2.24, 2.45) is 28.6 Å². The summed E-state index contributed by atoms with van der Waals surface area (Å²) in [5.41, 5.74) is -2.89. The molecule has 0 amide bonds. The second-order valence-corrected chi connectivity index (χ2v) is 10.3. The lowest BCUT2D eigenvalue weighted by Crippen LogP contribution is -2.67. The highest BCUT2D eigenvalue weighted by Crippen LogP contribution is 2.69. The number of hydrogen-bond acceptors (Lipinski definition) is 4. The molecule has 4 aliphatic carbocycles. The number of alkyl halides is 1. The Hall–Kier alpha value is -1.20. The number of esters is 1. The van der Waals surface area contributed by atoms with Crippen molar-refractivity contribution in [1.82, 2.24) is 0 Å². The SMILES string of the molecule is CCC(=O)O[C@@H]1[C@@H](C)C[C@H]2[C@@H]3CCC4=C(Cl)C(=O)C=C[C@]4(C)[C@@]3(F)[C@@H](O)C[C@]12C. The van der Waals surface area contributed by atoms with Crippen LogP contribution in [-0.2, 0) is 14.3 Å². The number of hydrogen-bond donors (Lipinski definition) is 1. The number of ether oxygens (including phenoxy) is 1. The molecule has 0 aromatic heterocycles. The van der Waals surface area contributed by atoms with Crippen LogP contribution in [0.2, 0.25) is 0 Å². The number of aliphatic hydroxyl groups excluding tert-OH is 1. The van der Waals surface area contributed by atoms with Gasteiger partial charge in [0.25, 0.3) is 0 Å². The first-order valence-electron chi connectivity index (χ1n) is 10.7. The Bertz CT molecular complexity index is 822. The summed E-state index contributed by atoms with van der Waals surface area (Å²) in [6, 6.07) is 0. The van der Waals surface area contributed by atoms with E-state index in [0.29, 0.717) is 24.8 Å². The van der Waals surface area contributed by atoms with Crippen LogP contribution in [0.15, 0.2) is 22.8 Å². The van der Waals surface area contributed by atoms with E-state index in [0.717, 1.165) is 6.42 Å². The smallest absolute Gasteiger partial charge is 0.305 e. The van der Waals surface area contributed by atoms with Gasteiger partial charge in [-0.3, -0.25) is 9.59 Å². The summed E-state index contributed by atoms with van der Waals surface area (Å²) in [6.07, 6.45) is 3.74. The van der Waals surface area contributed by atoms with Crippen LogP contribution in [0.1, 0.15) is 59.8 Å². The highest BCUT2D eigenvalue weighted by atomic mass is 35.5. The Morgan fingerprint density at radius 1 is 1.38 bits per heavy atom. The maximum Gasteiger partial charge on any atom is 0.305 e. The second kappa shape index (κ2) is 6.65. The van der Waals surface area contributed by atoms with E-state index in [4.69, 9.17) is 16.3 Å². The fraction of sp³-hybridized carbons (Fsp3) is 0.739. The van der Waals surface area contributed by atoms with Crippen molar-refractivity contribution in [3.05, 3.63) is 22.8 Å². The normalized spacial score (nSPS) is 48.8. The van der Waals surface area contributed by atoms with Crippen LogP contribution < -0.4 is 0 Å². The maximum atomic E-state index is 17.0. The van der Waals surface area contributed by atoms with Gasteiger partial charge < -0.3 is 9.84 Å². The quantitative estimate of drug-likeness (QED) is 0.663. The van der Waals surface area contributed by atoms with Gasteiger partial charge in [0.1, 0.15) is 6.10 Å². The predicted molar refractivity (Wildman–Crippen MR) is 108 cm³/mol. The molecule has 0 heterocycles. The Labute approximate surface area is 176 Å². The lowest BCUT2D eigenvalue weighted by atomic mass is 9.46. The minimum absolute atomic E-state index is 0.0104. The van der Waals surface area contributed by atoms with Crippen molar-refractivity contribution >= 4 is 23.4 Å². The molecule has 0 spiro atoms. The first-order chi connectivity index (χ1) is 13.5. The van der Waals surface area contributed by atoms with E-state index in [2.05, 4.69) is 6.92 Å². The molecule has 0 aromatic carbocycles. The van der Waals surface area contributed by atoms with Crippen molar-refractivity contribution < 1.29 is 23.8 Å². The Morgan fingerprint density at radius 3 is 2.72 bits per heavy atom. The minimum atomic E-state index is -1.91. The largest absolute Gasteiger partial charge is 0.461 e. The molecule has 0 aliphatic heterocycles. The molecule has 0 radical (unpaired) electrons. The van der Waals surface area contributed by atoms with Gasteiger partial charge >= 0.3 is 5.97 Å². The first-order valence-corrected chi connectivity index (χ1v) is 11.1. The number of allylic oxidation sites excluding steroid dienone is 4. The van der Waals surface area contributed by atoms with Gasteiger partial charge in [-0.15, -0.1) is 0 Å². The van der Waals surface area contributed by atoms with Gasteiger partial charge in [0.15, 0.2) is 11.5 Å². The summed E-state index contributed by atoms with van der Waals surface area (Å²) < 4.78 is 22.8. The number of rotatable bonds is 2. The van der Waals surface area contributed by atoms with Crippen molar-refractivity contribution in [2.45, 2.75) is 77.7 Å². The van der Waals surface area contributed by atoms with Crippen LogP contribution in [0.25, 0.3) is 0 Å². The summed E-state index contributed by atoms with van der Waals surface area (Å²) >= 11 is 6.30. The van der Waals surface area contributed by atoms with Gasteiger partial charge in [0.05, 0.1) is 11.1 Å². The van der Waals surface area contributed by atoms with Crippen LogP contribution >= 0.6 is 11.6 Å². The molecule has 4 nitrogen and oxygen atoms in total. The van der Waals surface area contributed by atoms with Gasteiger partial charge in [-0.1, -0.05) is 38.4 Å². The molecule has 29 heavy (non-hydrogen) atoms. The van der Waals surface area contributed by atoms with Crippen LogP contribution in [-0.4, -0.2) is 34.7 Å². The molecule has 3 saturated carbocycles. The number of carbonyl (C=O) groups excluding carboxylic acids is 2. The molecule has 4 aliphatic rings. The monoisotopic (exact) mass is 424 g/mol. The molecule has 0 bridgehead atoms. The average Bonchev–Trinajstić information content (AvgIpc) is 2.90. The highest BCUT2D eigenvalue weighted by Gasteiger charge is 2.72. The number of ketones is 1. The van der Waals surface area contributed by atoms with Gasteiger partial charge in [0.2, 0.25) is 0 Å². The third-order valence-corrected chi connectivity index (χ3v) is 8.92. The molecule has 1 N–H and O–H groups in total. The molecule has 8 atom stereocenters. The minimum Gasteiger partial charge on any atom is -0.461 e. The van der Waals surface area contributed by atoms with E-state index in [1.807, 2.05) is 6.92 Å². The topological polar surface area (TPSA) is 63.6 Å². The Morgan fingerprint density at radius 2 is 2.07 bits per heavy atom. The van der Waals surface area contributed by atoms with Crippen molar-refractivity contribution in [3.63, 3.8) is 0 Å². The number of aliphatic hydroxyl groups is 1. The Kier molecular flexibility index (Phi) is 4.83. The zero-order valence-electron chi connectivity index (χ0n) is 17.5. The summed E-state index contributed by atoms with van der Waals surface area (Å²) in [5, 5.41) is 11.3. The fourth-order valence-electron chi connectivity index (χ4n) is 7.09. The standard InChI is InChI=1S/C23H30ClFO4/c1-5-18(28)29-20-12(2)10-15-13-6-7-14-19(24)16(26)8-9-22(14,4)23(13,25)17(27)11-21(15,20)3/h8-9,12-13,15,17,20,27H,5-7,10-11H2,1-4H3/t12-,13-,15-,17-,20+,21-,22-,23-/m0/s1. The average molecular weight is 425 g/mol. The van der Waals surface area contributed by atoms with Crippen molar-refractivity contribution in [3.8, 4) is 0 Å². The van der Waals surface area contributed by atoms with Gasteiger partial charge in [-0.25, -0.2) is 4.39 Å². The second-order valence-electron chi connectivity index (χ2n) is 9.91. The zero-order chi connectivity index (χ0) is 21.4. The first kappa shape index (κ1) is 21.0. The van der Waals surface area contributed by atoms with Gasteiger partial charge in [-0.05, 0) is 56.1 Å². The summed E-state index contributed by atoms with van der Waals surface area (Å²) in [5.74, 6) is -0.843. The van der Waals surface area contributed by atoms with E-state index in [-0.39, 0.29) is 47.1 Å². The van der Waals surface area contributed by atoms with E-state index >= 15 is 4.39 Å². The third-order valence-electron chi connectivity index (χ3n) is 8.51. The molecule has 160 valence electrons. The van der Waals surface area contributed by atoms with Crippen LogP contribution in [0.5, 0.6) is 0 Å². The van der Waals surface area contributed by atoms with E-state index in [9.17, 15) is 14.7 Å². The van der Waals surface area contributed by atoms with Gasteiger partial charge in [0, 0.05) is 23.2 Å². The van der Waals surface area contributed by atoms with E-state index < -0.39 is 22.6 Å². The molecular formula is C23H30ClFO4. The summed E-state index contributed by atoms with van der Waals surface area (Å²) in [7, 11) is 0. The van der Waals surface area contributed by atoms with Gasteiger partial charge in [-0.2, -0.15) is 0 Å². The fourth-order valence-corrected chi connectivity index (χ4v) is 7.44. The molecule has 0 saturated heterocycles. The zero-order valence-corrected chi connectivity index (χ0v) is 18.3. The lowest BCUT2D eigenvalue weighted by Gasteiger charge is -2.61. The Balaban J connectivity index is 1.77. The molecule has 0 aromatic rings. The van der Waals surface area contributed by atoms with Crippen LogP contribution in [0.4, 0.5) is 4.39 Å². The molecule has 0 unspecified atom stereocenters. The maximum absolute atomic E-state index is 17.0. The van der Waals surface area contributed by atoms with Crippen LogP contribution in [0.3, 0.4) is 0 Å². The number of fused-ring (bicyclic) bond motifs is 5. The van der Waals surface area contributed by atoms with Crippen molar-refractivity contribution in [1.29, 1.82) is 0 Å². The van der Waals surface area contributed by atoms with E-state index in [1.54, 1.807) is 19.9 Å². The van der Waals surface area contributed by atoms with E-state index in [1.165, 1.54) is 6.08 Å². The number of halogens is 2. The molecule has 3 fully saturated rings. The third kappa shape index (κ3) is 2.59. The number of carbonyl (C=O) groups is 2. The molecular weight excluding hydrogens is 395 g/mol. The van der Waals surface area contributed by atoms with Crippen LogP contribution in [0, 0.1) is 28.6 Å².